The van der Waals surface area contributed by atoms with E-state index in [1.807, 2.05) is 20.8 Å². The Morgan fingerprint density at radius 1 is 1.04 bits per heavy atom. The van der Waals surface area contributed by atoms with Gasteiger partial charge >= 0.3 is 12.0 Å². The minimum Gasteiger partial charge on any atom is -0.452 e. The molecular formula is C18H29N3O5. The van der Waals surface area contributed by atoms with Gasteiger partial charge in [-0.2, -0.15) is 0 Å². The third-order valence-electron chi connectivity index (χ3n) is 4.57. The van der Waals surface area contributed by atoms with Crippen molar-refractivity contribution >= 4 is 23.8 Å². The van der Waals surface area contributed by atoms with Gasteiger partial charge in [0.2, 0.25) is 5.91 Å². The Bertz CT molecular complexity index is 572. The number of amides is 4. The minimum atomic E-state index is -1.04. The average Bonchev–Trinajstić information content (AvgIpc) is 3.37. The summed E-state index contributed by atoms with van der Waals surface area (Å²) in [6.07, 6.45) is 1.82. The monoisotopic (exact) mass is 367 g/mol. The van der Waals surface area contributed by atoms with E-state index in [4.69, 9.17) is 4.74 Å². The van der Waals surface area contributed by atoms with Gasteiger partial charge in [-0.1, -0.05) is 20.8 Å². The van der Waals surface area contributed by atoms with E-state index in [1.165, 1.54) is 6.92 Å². The highest BCUT2D eigenvalue weighted by Gasteiger charge is 2.34. The summed E-state index contributed by atoms with van der Waals surface area (Å²) in [4.78, 5) is 49.8. The van der Waals surface area contributed by atoms with Crippen LogP contribution in [0, 0.1) is 11.3 Å². The molecule has 2 fully saturated rings. The van der Waals surface area contributed by atoms with Crippen molar-refractivity contribution in [2.24, 2.45) is 11.3 Å². The van der Waals surface area contributed by atoms with Crippen molar-refractivity contribution in [3.63, 3.8) is 0 Å². The van der Waals surface area contributed by atoms with Gasteiger partial charge in [0.05, 0.1) is 5.92 Å². The highest BCUT2D eigenvalue weighted by Crippen LogP contribution is 2.24. The highest BCUT2D eigenvalue weighted by molar-refractivity contribution is 5.97. The van der Waals surface area contributed by atoms with Gasteiger partial charge in [-0.15, -0.1) is 0 Å². The molecule has 2 rings (SSSR count). The molecule has 0 aromatic heterocycles. The molecule has 2 N–H and O–H groups in total. The predicted octanol–water partition coefficient (Wildman–Crippen LogP) is 1.19. The van der Waals surface area contributed by atoms with Crippen LogP contribution in [0.15, 0.2) is 0 Å². The molecule has 8 nitrogen and oxygen atoms in total. The summed E-state index contributed by atoms with van der Waals surface area (Å²) < 4.78 is 5.20. The van der Waals surface area contributed by atoms with Gasteiger partial charge in [0.25, 0.3) is 5.91 Å². The lowest BCUT2D eigenvalue weighted by Crippen LogP contribution is -2.47. The summed E-state index contributed by atoms with van der Waals surface area (Å²) >= 11 is 0. The minimum absolute atomic E-state index is 0.0683. The maximum atomic E-state index is 12.3. The number of hydrogen-bond acceptors (Lipinski definition) is 5. The normalized spacial score (nSPS) is 19.5. The number of piperidine rings is 1. The molecule has 1 heterocycles. The van der Waals surface area contributed by atoms with E-state index in [-0.39, 0.29) is 17.9 Å². The summed E-state index contributed by atoms with van der Waals surface area (Å²) in [6.45, 7) is 8.05. The molecule has 0 spiro atoms. The fourth-order valence-corrected chi connectivity index (χ4v) is 2.78. The molecule has 0 bridgehead atoms. The van der Waals surface area contributed by atoms with Crippen LogP contribution in [0.1, 0.15) is 53.4 Å². The standard InChI is InChI=1S/C18H29N3O5/c1-11(14(22)20-17(25)19-13-5-6-13)26-15(23)12-7-9-21(10-8-12)16(24)18(2,3)4/h11-13H,5-10H2,1-4H3,(H2,19,20,22,25). The van der Waals surface area contributed by atoms with Crippen LogP contribution in [0.5, 0.6) is 0 Å². The van der Waals surface area contributed by atoms with Crippen LogP contribution in [-0.2, 0) is 19.1 Å². The van der Waals surface area contributed by atoms with Gasteiger partial charge < -0.3 is 15.0 Å². The van der Waals surface area contributed by atoms with Crippen molar-refractivity contribution in [2.45, 2.75) is 65.5 Å². The molecule has 0 aromatic carbocycles. The number of carbonyl (C=O) groups excluding carboxylic acids is 4. The first-order valence-corrected chi connectivity index (χ1v) is 9.19. The fourth-order valence-electron chi connectivity index (χ4n) is 2.78. The van der Waals surface area contributed by atoms with Crippen LogP contribution >= 0.6 is 0 Å². The first-order valence-electron chi connectivity index (χ1n) is 9.19. The second kappa shape index (κ2) is 8.05. The zero-order valence-corrected chi connectivity index (χ0v) is 16.0. The smallest absolute Gasteiger partial charge is 0.321 e. The molecule has 2 aliphatic rings. The van der Waals surface area contributed by atoms with Crippen LogP contribution in [0.3, 0.4) is 0 Å². The summed E-state index contributed by atoms with van der Waals surface area (Å²) in [5, 5.41) is 4.81. The first kappa shape index (κ1) is 20.2. The largest absolute Gasteiger partial charge is 0.452 e. The van der Waals surface area contributed by atoms with Crippen molar-refractivity contribution in [1.82, 2.24) is 15.5 Å². The summed E-state index contributed by atoms with van der Waals surface area (Å²) in [5.41, 5.74) is -0.443. The van der Waals surface area contributed by atoms with E-state index < -0.39 is 29.4 Å². The molecule has 1 aliphatic carbocycles. The number of hydrogen-bond donors (Lipinski definition) is 2. The third kappa shape index (κ3) is 5.71. The maximum Gasteiger partial charge on any atom is 0.321 e. The summed E-state index contributed by atoms with van der Waals surface area (Å²) in [5.74, 6) is -1.37. The Kier molecular flexibility index (Phi) is 6.26. The lowest BCUT2D eigenvalue weighted by Gasteiger charge is -2.35. The molecule has 8 heteroatoms. The Labute approximate surface area is 154 Å². The SMILES string of the molecule is CC(OC(=O)C1CCN(C(=O)C(C)(C)C)CC1)C(=O)NC(=O)NC1CC1. The third-order valence-corrected chi connectivity index (χ3v) is 4.57. The van der Waals surface area contributed by atoms with Crippen molar-refractivity contribution in [3.8, 4) is 0 Å². The molecule has 0 radical (unpaired) electrons. The maximum absolute atomic E-state index is 12.3. The molecule has 1 aliphatic heterocycles. The number of nitrogens with zero attached hydrogens (tertiary/aromatic N) is 1. The van der Waals surface area contributed by atoms with Crippen LogP contribution in [0.25, 0.3) is 0 Å². The molecule has 1 saturated carbocycles. The molecule has 4 amide bonds. The fraction of sp³-hybridized carbons (Fsp3) is 0.778. The van der Waals surface area contributed by atoms with Crippen LogP contribution < -0.4 is 10.6 Å². The number of likely N-dealkylation sites (tertiary alicyclic amines) is 1. The molecule has 26 heavy (non-hydrogen) atoms. The van der Waals surface area contributed by atoms with Crippen molar-refractivity contribution < 1.29 is 23.9 Å². The first-order chi connectivity index (χ1) is 12.1. The van der Waals surface area contributed by atoms with Crippen LogP contribution in [0.2, 0.25) is 0 Å². The predicted molar refractivity (Wildman–Crippen MR) is 94.0 cm³/mol. The zero-order valence-electron chi connectivity index (χ0n) is 16.0. The Hall–Kier alpha value is -2.12. The summed E-state index contributed by atoms with van der Waals surface area (Å²) in [7, 11) is 0. The van der Waals surface area contributed by atoms with E-state index in [9.17, 15) is 19.2 Å². The van der Waals surface area contributed by atoms with E-state index in [2.05, 4.69) is 10.6 Å². The van der Waals surface area contributed by atoms with Gasteiger partial charge in [0.15, 0.2) is 6.10 Å². The molecule has 1 unspecified atom stereocenters. The number of carbonyl (C=O) groups is 4. The number of ether oxygens (including phenoxy) is 1. The zero-order chi connectivity index (χ0) is 19.5. The van der Waals surface area contributed by atoms with E-state index in [0.29, 0.717) is 25.9 Å². The lowest BCUT2D eigenvalue weighted by atomic mass is 9.91. The van der Waals surface area contributed by atoms with Crippen molar-refractivity contribution in [3.05, 3.63) is 0 Å². The molecule has 1 atom stereocenters. The highest BCUT2D eigenvalue weighted by atomic mass is 16.5. The number of esters is 1. The number of urea groups is 1. The molecule has 1 saturated heterocycles. The number of imide groups is 1. The van der Waals surface area contributed by atoms with Gasteiger partial charge in [0, 0.05) is 24.5 Å². The van der Waals surface area contributed by atoms with Crippen molar-refractivity contribution in [1.29, 1.82) is 0 Å². The second-order valence-electron chi connectivity index (χ2n) is 8.13. The Morgan fingerprint density at radius 2 is 1.62 bits per heavy atom. The molecule has 146 valence electrons. The Balaban J connectivity index is 1.74. The van der Waals surface area contributed by atoms with Gasteiger partial charge in [-0.3, -0.25) is 19.7 Å². The quantitative estimate of drug-likeness (QED) is 0.726. The van der Waals surface area contributed by atoms with Gasteiger partial charge in [0.1, 0.15) is 0 Å². The van der Waals surface area contributed by atoms with Crippen molar-refractivity contribution in [2.75, 3.05) is 13.1 Å². The topological polar surface area (TPSA) is 105 Å². The van der Waals surface area contributed by atoms with E-state index in [0.717, 1.165) is 12.8 Å². The van der Waals surface area contributed by atoms with Gasteiger partial charge in [-0.05, 0) is 32.6 Å². The second-order valence-corrected chi connectivity index (χ2v) is 8.13. The lowest BCUT2D eigenvalue weighted by molar-refractivity contribution is -0.161. The van der Waals surface area contributed by atoms with Crippen LogP contribution in [-0.4, -0.2) is 54.0 Å². The average molecular weight is 367 g/mol. The van der Waals surface area contributed by atoms with E-state index in [1.54, 1.807) is 4.90 Å². The Morgan fingerprint density at radius 3 is 2.12 bits per heavy atom. The number of nitrogens with one attached hydrogen (secondary N) is 2. The summed E-state index contributed by atoms with van der Waals surface area (Å²) in [6, 6.07) is -0.420. The number of rotatable bonds is 4. The molecule has 0 aromatic rings. The van der Waals surface area contributed by atoms with Gasteiger partial charge in [-0.25, -0.2) is 4.79 Å². The van der Waals surface area contributed by atoms with E-state index >= 15 is 0 Å². The molecular weight excluding hydrogens is 338 g/mol. The van der Waals surface area contributed by atoms with Crippen LogP contribution in [0.4, 0.5) is 4.79 Å².